The first-order valence-corrected chi connectivity index (χ1v) is 7.93. The Labute approximate surface area is 141 Å². The molecule has 1 aliphatic rings. The molecule has 1 aliphatic heterocycles. The van der Waals surface area contributed by atoms with Gasteiger partial charge in [0.25, 0.3) is 0 Å². The molecule has 24 heavy (non-hydrogen) atoms. The SMILES string of the molecule is CC(=O)Nc1cc(NC(=O)[C@@H]2COc3ccccc3C2)ccc1C. The van der Waals surface area contributed by atoms with Crippen LogP contribution in [-0.2, 0) is 16.0 Å². The maximum absolute atomic E-state index is 12.5. The topological polar surface area (TPSA) is 67.4 Å². The summed E-state index contributed by atoms with van der Waals surface area (Å²) in [5.74, 6) is 0.399. The number of carbonyl (C=O) groups excluding carboxylic acids is 2. The lowest BCUT2D eigenvalue weighted by Crippen LogP contribution is -2.32. The van der Waals surface area contributed by atoms with E-state index in [1.807, 2.05) is 43.3 Å². The van der Waals surface area contributed by atoms with Gasteiger partial charge in [0.15, 0.2) is 0 Å². The zero-order valence-corrected chi connectivity index (χ0v) is 13.8. The largest absolute Gasteiger partial charge is 0.492 e. The van der Waals surface area contributed by atoms with Crippen LogP contribution in [0.5, 0.6) is 5.75 Å². The van der Waals surface area contributed by atoms with Crippen molar-refractivity contribution in [3.8, 4) is 5.75 Å². The molecule has 2 N–H and O–H groups in total. The van der Waals surface area contributed by atoms with Crippen molar-refractivity contribution in [1.29, 1.82) is 0 Å². The Hall–Kier alpha value is -2.82. The van der Waals surface area contributed by atoms with E-state index in [9.17, 15) is 9.59 Å². The molecule has 0 spiro atoms. The van der Waals surface area contributed by atoms with Crippen LogP contribution < -0.4 is 15.4 Å². The molecule has 2 amide bonds. The van der Waals surface area contributed by atoms with Crippen molar-refractivity contribution in [3.05, 3.63) is 53.6 Å². The molecular formula is C19H20N2O3. The fourth-order valence-electron chi connectivity index (χ4n) is 2.76. The van der Waals surface area contributed by atoms with Crippen molar-refractivity contribution in [3.63, 3.8) is 0 Å². The van der Waals surface area contributed by atoms with Gasteiger partial charge in [0.2, 0.25) is 11.8 Å². The average molecular weight is 324 g/mol. The quantitative estimate of drug-likeness (QED) is 0.911. The molecule has 0 aromatic heterocycles. The molecule has 2 aromatic carbocycles. The molecule has 3 rings (SSSR count). The van der Waals surface area contributed by atoms with Gasteiger partial charge in [-0.15, -0.1) is 0 Å². The molecule has 1 heterocycles. The average Bonchev–Trinajstić information content (AvgIpc) is 2.57. The Morgan fingerprint density at radius 3 is 2.71 bits per heavy atom. The molecule has 0 bridgehead atoms. The number of hydrogen-bond acceptors (Lipinski definition) is 3. The van der Waals surface area contributed by atoms with Crippen LogP contribution >= 0.6 is 0 Å². The van der Waals surface area contributed by atoms with Crippen LogP contribution in [0.25, 0.3) is 0 Å². The first kappa shape index (κ1) is 16.1. The van der Waals surface area contributed by atoms with Crippen molar-refractivity contribution in [1.82, 2.24) is 0 Å². The van der Waals surface area contributed by atoms with Crippen molar-refractivity contribution >= 4 is 23.2 Å². The van der Waals surface area contributed by atoms with Gasteiger partial charge in [0.05, 0.1) is 5.92 Å². The Kier molecular flexibility index (Phi) is 4.51. The Morgan fingerprint density at radius 1 is 1.12 bits per heavy atom. The lowest BCUT2D eigenvalue weighted by molar-refractivity contribution is -0.121. The summed E-state index contributed by atoms with van der Waals surface area (Å²) in [7, 11) is 0. The van der Waals surface area contributed by atoms with Gasteiger partial charge in [-0.3, -0.25) is 9.59 Å². The van der Waals surface area contributed by atoms with Crippen LogP contribution in [-0.4, -0.2) is 18.4 Å². The van der Waals surface area contributed by atoms with Crippen LogP contribution in [0, 0.1) is 12.8 Å². The monoisotopic (exact) mass is 324 g/mol. The second-order valence-electron chi connectivity index (χ2n) is 6.02. The van der Waals surface area contributed by atoms with E-state index < -0.39 is 0 Å². The summed E-state index contributed by atoms with van der Waals surface area (Å²) in [4.78, 5) is 23.8. The van der Waals surface area contributed by atoms with E-state index in [0.717, 1.165) is 16.9 Å². The zero-order valence-electron chi connectivity index (χ0n) is 13.8. The summed E-state index contributed by atoms with van der Waals surface area (Å²) in [5, 5.41) is 5.68. The molecule has 5 heteroatoms. The van der Waals surface area contributed by atoms with Gasteiger partial charge >= 0.3 is 0 Å². The summed E-state index contributed by atoms with van der Waals surface area (Å²) in [6, 6.07) is 13.2. The van der Waals surface area contributed by atoms with Crippen LogP contribution in [0.4, 0.5) is 11.4 Å². The number of aryl methyl sites for hydroxylation is 1. The van der Waals surface area contributed by atoms with Crippen molar-refractivity contribution in [2.24, 2.45) is 5.92 Å². The minimum absolute atomic E-state index is 0.0814. The number of hydrogen-bond donors (Lipinski definition) is 2. The van der Waals surface area contributed by atoms with Crippen LogP contribution in [0.3, 0.4) is 0 Å². The highest BCUT2D eigenvalue weighted by molar-refractivity contribution is 5.95. The normalized spacial score (nSPS) is 15.8. The molecule has 0 fully saturated rings. The lowest BCUT2D eigenvalue weighted by atomic mass is 9.96. The van der Waals surface area contributed by atoms with E-state index in [2.05, 4.69) is 10.6 Å². The Morgan fingerprint density at radius 2 is 1.92 bits per heavy atom. The fourth-order valence-corrected chi connectivity index (χ4v) is 2.76. The number of ether oxygens (including phenoxy) is 1. The predicted molar refractivity (Wildman–Crippen MR) is 93.2 cm³/mol. The van der Waals surface area contributed by atoms with E-state index in [0.29, 0.717) is 24.4 Å². The summed E-state index contributed by atoms with van der Waals surface area (Å²) >= 11 is 0. The molecular weight excluding hydrogens is 304 g/mol. The zero-order chi connectivity index (χ0) is 17.1. The standard InChI is InChI=1S/C19H20N2O3/c1-12-7-8-16(10-17(12)20-13(2)22)21-19(23)15-9-14-5-3-4-6-18(14)24-11-15/h3-8,10,15H,9,11H2,1-2H3,(H,20,22)(H,21,23)/t15-/m0/s1. The lowest BCUT2D eigenvalue weighted by Gasteiger charge is -2.24. The number of amides is 2. The summed E-state index contributed by atoms with van der Waals surface area (Å²) in [6.45, 7) is 3.73. The van der Waals surface area contributed by atoms with E-state index in [1.54, 1.807) is 6.07 Å². The second-order valence-corrected chi connectivity index (χ2v) is 6.02. The van der Waals surface area contributed by atoms with E-state index in [4.69, 9.17) is 4.74 Å². The highest BCUT2D eigenvalue weighted by Gasteiger charge is 2.25. The highest BCUT2D eigenvalue weighted by atomic mass is 16.5. The molecule has 5 nitrogen and oxygen atoms in total. The number of anilines is 2. The third-order valence-electron chi connectivity index (χ3n) is 4.07. The first-order valence-electron chi connectivity index (χ1n) is 7.93. The second kappa shape index (κ2) is 6.74. The smallest absolute Gasteiger partial charge is 0.231 e. The molecule has 0 saturated carbocycles. The third-order valence-corrected chi connectivity index (χ3v) is 4.07. The minimum atomic E-state index is -0.231. The van der Waals surface area contributed by atoms with Crippen LogP contribution in [0.1, 0.15) is 18.1 Å². The van der Waals surface area contributed by atoms with Gasteiger partial charge in [-0.2, -0.15) is 0 Å². The number of para-hydroxylation sites is 1. The fraction of sp³-hybridized carbons (Fsp3) is 0.263. The van der Waals surface area contributed by atoms with E-state index in [-0.39, 0.29) is 17.7 Å². The van der Waals surface area contributed by atoms with Gasteiger partial charge in [-0.1, -0.05) is 24.3 Å². The van der Waals surface area contributed by atoms with Crippen molar-refractivity contribution in [2.75, 3.05) is 17.2 Å². The van der Waals surface area contributed by atoms with Crippen molar-refractivity contribution in [2.45, 2.75) is 20.3 Å². The number of carbonyl (C=O) groups is 2. The molecule has 0 aliphatic carbocycles. The van der Waals surface area contributed by atoms with E-state index >= 15 is 0 Å². The van der Waals surface area contributed by atoms with Gasteiger partial charge in [0.1, 0.15) is 12.4 Å². The molecule has 0 saturated heterocycles. The molecule has 2 aromatic rings. The first-order chi connectivity index (χ1) is 11.5. The van der Waals surface area contributed by atoms with Crippen LogP contribution in [0.2, 0.25) is 0 Å². The summed E-state index contributed by atoms with van der Waals surface area (Å²) in [6.07, 6.45) is 0.659. The predicted octanol–water partition coefficient (Wildman–Crippen LogP) is 3.14. The number of nitrogens with one attached hydrogen (secondary N) is 2. The number of rotatable bonds is 3. The maximum Gasteiger partial charge on any atom is 0.231 e. The number of benzene rings is 2. The summed E-state index contributed by atoms with van der Waals surface area (Å²) in [5.41, 5.74) is 3.35. The van der Waals surface area contributed by atoms with E-state index in [1.165, 1.54) is 6.92 Å². The molecule has 0 unspecified atom stereocenters. The van der Waals surface area contributed by atoms with Gasteiger partial charge in [-0.25, -0.2) is 0 Å². The molecule has 1 atom stereocenters. The van der Waals surface area contributed by atoms with Crippen LogP contribution in [0.15, 0.2) is 42.5 Å². The minimum Gasteiger partial charge on any atom is -0.492 e. The van der Waals surface area contributed by atoms with Gasteiger partial charge in [0, 0.05) is 18.3 Å². The van der Waals surface area contributed by atoms with Gasteiger partial charge in [-0.05, 0) is 42.7 Å². The van der Waals surface area contributed by atoms with Gasteiger partial charge < -0.3 is 15.4 Å². The maximum atomic E-state index is 12.5. The number of fused-ring (bicyclic) bond motifs is 1. The Balaban J connectivity index is 1.70. The van der Waals surface area contributed by atoms with Crippen molar-refractivity contribution < 1.29 is 14.3 Å². The summed E-state index contributed by atoms with van der Waals surface area (Å²) < 4.78 is 5.67. The molecule has 0 radical (unpaired) electrons. The molecule has 124 valence electrons. The Bertz CT molecular complexity index is 786. The highest BCUT2D eigenvalue weighted by Crippen LogP contribution is 2.28. The third kappa shape index (κ3) is 3.56.